The van der Waals surface area contributed by atoms with E-state index >= 15 is 0 Å². The van der Waals surface area contributed by atoms with Gasteiger partial charge in [0, 0.05) is 56.3 Å². The second-order valence-corrected chi connectivity index (χ2v) is 11.6. The maximum Gasteiger partial charge on any atom is 0.196 e. The lowest BCUT2D eigenvalue weighted by Crippen LogP contribution is -2.46. The van der Waals surface area contributed by atoms with Crippen molar-refractivity contribution >= 4 is 11.8 Å². The van der Waals surface area contributed by atoms with Crippen molar-refractivity contribution in [1.29, 1.82) is 0 Å². The van der Waals surface area contributed by atoms with E-state index < -0.39 is 0 Å². The number of piperazine rings is 1. The fraction of sp³-hybridized carbons (Fsp3) is 0.500. The fourth-order valence-electron chi connectivity index (χ4n) is 4.98. The number of hydrogen-bond donors (Lipinski definition) is 1. The highest BCUT2D eigenvalue weighted by Gasteiger charge is 2.22. The minimum Gasteiger partial charge on any atom is -0.486 e. The second kappa shape index (κ2) is 13.9. The predicted molar refractivity (Wildman–Crippen MR) is 156 cm³/mol. The van der Waals surface area contributed by atoms with Crippen LogP contribution in [0.3, 0.4) is 0 Å². The highest BCUT2D eigenvalue weighted by Crippen LogP contribution is 2.35. The van der Waals surface area contributed by atoms with Crippen LogP contribution in [-0.2, 0) is 6.61 Å². The average molecular weight is 546 g/mol. The number of aryl methyl sites for hydroxylation is 1. The second-order valence-electron chi connectivity index (χ2n) is 10.4. The monoisotopic (exact) mass is 545 g/mol. The molecule has 5 rings (SSSR count). The van der Waals surface area contributed by atoms with E-state index in [4.69, 9.17) is 4.74 Å². The summed E-state index contributed by atoms with van der Waals surface area (Å²) in [5.74, 6) is 8.14. The lowest BCUT2D eigenvalue weighted by Gasteiger charge is -2.32. The van der Waals surface area contributed by atoms with Crippen molar-refractivity contribution in [2.24, 2.45) is 0 Å². The molecule has 9 heteroatoms. The van der Waals surface area contributed by atoms with Crippen LogP contribution in [0.2, 0.25) is 0 Å². The molecule has 1 saturated heterocycles. The first-order chi connectivity index (χ1) is 19.2. The largest absolute Gasteiger partial charge is 0.486 e. The van der Waals surface area contributed by atoms with Crippen LogP contribution in [0.4, 0.5) is 0 Å². The summed E-state index contributed by atoms with van der Waals surface area (Å²) in [6.45, 7) is 9.76. The number of aromatic nitrogens is 4. The molecule has 39 heavy (non-hydrogen) atoms. The molecule has 0 radical (unpaired) electrons. The molecule has 0 amide bonds. The molecular weight excluding hydrogens is 506 g/mol. The summed E-state index contributed by atoms with van der Waals surface area (Å²) in [6, 6.07) is 10.0. The molecule has 1 aliphatic heterocycles. The molecule has 2 fully saturated rings. The maximum atomic E-state index is 6.17. The molecule has 1 saturated carbocycles. The highest BCUT2D eigenvalue weighted by molar-refractivity contribution is 7.99. The number of rotatable bonds is 10. The Balaban J connectivity index is 1.15. The molecule has 8 nitrogen and oxygen atoms in total. The van der Waals surface area contributed by atoms with E-state index in [0.29, 0.717) is 18.4 Å². The van der Waals surface area contributed by atoms with Gasteiger partial charge in [0.1, 0.15) is 12.4 Å². The van der Waals surface area contributed by atoms with Crippen LogP contribution >= 0.6 is 11.8 Å². The zero-order valence-corrected chi connectivity index (χ0v) is 23.9. The Morgan fingerprint density at radius 2 is 1.95 bits per heavy atom. The average Bonchev–Trinajstić information content (AvgIpc) is 3.62. The quantitative estimate of drug-likeness (QED) is 0.305. The molecular formula is C30H39N7OS. The zero-order valence-electron chi connectivity index (χ0n) is 23.1. The van der Waals surface area contributed by atoms with Crippen molar-refractivity contribution in [2.75, 3.05) is 52.9 Å². The molecule has 1 aliphatic carbocycles. The van der Waals surface area contributed by atoms with Gasteiger partial charge in [-0.2, -0.15) is 0 Å². The van der Waals surface area contributed by atoms with E-state index in [1.165, 1.54) is 25.7 Å². The van der Waals surface area contributed by atoms with Crippen molar-refractivity contribution in [3.8, 4) is 23.3 Å². The van der Waals surface area contributed by atoms with Gasteiger partial charge in [-0.25, -0.2) is 0 Å². The fourth-order valence-corrected chi connectivity index (χ4v) is 6.26. The number of benzene rings is 1. The van der Waals surface area contributed by atoms with Crippen LogP contribution in [-0.4, -0.2) is 87.7 Å². The Labute approximate surface area is 236 Å². The number of ether oxygens (including phenoxy) is 1. The summed E-state index contributed by atoms with van der Waals surface area (Å²) in [4.78, 5) is 9.21. The summed E-state index contributed by atoms with van der Waals surface area (Å²) >= 11 is 1.82. The third-order valence-electron chi connectivity index (χ3n) is 7.38. The Kier molecular flexibility index (Phi) is 9.89. The molecule has 0 bridgehead atoms. The molecule has 3 aromatic rings. The van der Waals surface area contributed by atoms with Crippen LogP contribution in [0.5, 0.6) is 5.75 Å². The zero-order chi connectivity index (χ0) is 26.9. The number of nitrogens with zero attached hydrogens (tertiary/aromatic N) is 6. The molecule has 206 valence electrons. The van der Waals surface area contributed by atoms with E-state index in [1.54, 1.807) is 6.20 Å². The van der Waals surface area contributed by atoms with Crippen molar-refractivity contribution in [2.45, 2.75) is 49.6 Å². The van der Waals surface area contributed by atoms with E-state index in [0.717, 1.165) is 72.8 Å². The van der Waals surface area contributed by atoms with Crippen molar-refractivity contribution in [3.63, 3.8) is 0 Å². The van der Waals surface area contributed by atoms with Crippen LogP contribution in [0, 0.1) is 18.8 Å². The molecule has 2 aliphatic rings. The minimum absolute atomic E-state index is 0.328. The third-order valence-corrected chi connectivity index (χ3v) is 8.66. The number of hydrogen-bond acceptors (Lipinski definition) is 8. The molecule has 3 heterocycles. The molecule has 1 N–H and O–H groups in total. The van der Waals surface area contributed by atoms with E-state index in [-0.39, 0.29) is 0 Å². The van der Waals surface area contributed by atoms with E-state index in [1.807, 2.05) is 48.3 Å². The Morgan fingerprint density at radius 1 is 1.10 bits per heavy atom. The van der Waals surface area contributed by atoms with Gasteiger partial charge in [0.25, 0.3) is 0 Å². The Morgan fingerprint density at radius 3 is 2.72 bits per heavy atom. The van der Waals surface area contributed by atoms with Gasteiger partial charge in [0.2, 0.25) is 0 Å². The predicted octanol–water partition coefficient (Wildman–Crippen LogP) is 3.77. The summed E-state index contributed by atoms with van der Waals surface area (Å²) in [5.41, 5.74) is 3.08. The van der Waals surface area contributed by atoms with Crippen molar-refractivity contribution < 1.29 is 4.74 Å². The Hall–Kier alpha value is -2.90. The van der Waals surface area contributed by atoms with Gasteiger partial charge in [0.05, 0.1) is 18.4 Å². The molecule has 1 aromatic carbocycles. The van der Waals surface area contributed by atoms with E-state index in [9.17, 15) is 0 Å². The van der Waals surface area contributed by atoms with E-state index in [2.05, 4.69) is 60.7 Å². The normalized spacial score (nSPS) is 16.8. The van der Waals surface area contributed by atoms with Crippen LogP contribution in [0.25, 0.3) is 5.69 Å². The third kappa shape index (κ3) is 7.83. The topological polar surface area (TPSA) is 71.3 Å². The summed E-state index contributed by atoms with van der Waals surface area (Å²) in [5, 5.41) is 14.0. The standard InChI is InChI=1S/C30H39N7OS/c1-24-21-27(12-11-25(24)7-5-13-31-15-16-36-19-17-35(2)18-20-36)38-23-29-33-34-30(39-28-9-3-4-10-28)37(29)26-8-6-14-32-22-26/h6,8,11-12,14,21-22,28,31H,3-4,9-10,13,15-20,23H2,1-2H3. The summed E-state index contributed by atoms with van der Waals surface area (Å²) < 4.78 is 8.26. The number of pyridine rings is 1. The van der Waals surface area contributed by atoms with Crippen LogP contribution in [0.15, 0.2) is 47.9 Å². The van der Waals surface area contributed by atoms with Crippen molar-refractivity contribution in [3.05, 3.63) is 59.7 Å². The van der Waals surface area contributed by atoms with Gasteiger partial charge < -0.3 is 15.0 Å². The first-order valence-electron chi connectivity index (χ1n) is 14.0. The number of likely N-dealkylation sites (N-methyl/N-ethyl adjacent to an activating group) is 1. The molecule has 0 atom stereocenters. The van der Waals surface area contributed by atoms with Crippen LogP contribution < -0.4 is 10.1 Å². The van der Waals surface area contributed by atoms with Gasteiger partial charge >= 0.3 is 0 Å². The summed E-state index contributed by atoms with van der Waals surface area (Å²) in [7, 11) is 2.19. The number of thioether (sulfide) groups is 1. The number of nitrogens with one attached hydrogen (secondary N) is 1. The lowest BCUT2D eigenvalue weighted by molar-refractivity contribution is 0.155. The van der Waals surface area contributed by atoms with Gasteiger partial charge in [-0.15, -0.1) is 10.2 Å². The van der Waals surface area contributed by atoms with Gasteiger partial charge in [-0.1, -0.05) is 36.4 Å². The van der Waals surface area contributed by atoms with Crippen LogP contribution in [0.1, 0.15) is 42.6 Å². The Bertz CT molecular complexity index is 1260. The highest BCUT2D eigenvalue weighted by atomic mass is 32.2. The van der Waals surface area contributed by atoms with Gasteiger partial charge in [0.15, 0.2) is 11.0 Å². The maximum absolute atomic E-state index is 6.17. The molecule has 0 unspecified atom stereocenters. The molecule has 2 aromatic heterocycles. The smallest absolute Gasteiger partial charge is 0.196 e. The minimum atomic E-state index is 0.328. The van der Waals surface area contributed by atoms with Gasteiger partial charge in [-0.05, 0) is 62.7 Å². The lowest BCUT2D eigenvalue weighted by atomic mass is 10.1. The van der Waals surface area contributed by atoms with Crippen molar-refractivity contribution in [1.82, 2.24) is 34.9 Å². The first-order valence-corrected chi connectivity index (χ1v) is 14.9. The SMILES string of the molecule is Cc1cc(OCc2nnc(SC3CCCC3)n2-c2cccnc2)ccc1C#CCNCCN1CCN(C)CC1. The molecule has 0 spiro atoms. The first kappa shape index (κ1) is 27.7. The van der Waals surface area contributed by atoms with Gasteiger partial charge in [-0.3, -0.25) is 14.5 Å². The summed E-state index contributed by atoms with van der Waals surface area (Å²) in [6.07, 6.45) is 8.69.